The van der Waals surface area contributed by atoms with E-state index in [9.17, 15) is 0 Å². The Balaban J connectivity index is 1.83. The Morgan fingerprint density at radius 1 is 0.667 bits per heavy atom. The maximum atomic E-state index is 6.83. The van der Waals surface area contributed by atoms with Crippen molar-refractivity contribution < 1.29 is 0 Å². The normalized spacial score (nSPS) is 12.1. The highest BCUT2D eigenvalue weighted by atomic mass is 14.7. The van der Waals surface area contributed by atoms with E-state index in [0.29, 0.717) is 0 Å². The maximum Gasteiger partial charge on any atom is 0.0765 e. The molecule has 27 heavy (non-hydrogen) atoms. The molecule has 0 aromatic carbocycles. The van der Waals surface area contributed by atoms with Gasteiger partial charge in [0.25, 0.3) is 0 Å². The molecule has 5 heteroatoms. The van der Waals surface area contributed by atoms with Crippen molar-refractivity contribution in [3.05, 3.63) is 109 Å². The minimum Gasteiger partial charge on any atom is -0.323 e. The highest BCUT2D eigenvalue weighted by molar-refractivity contribution is 5.63. The van der Waals surface area contributed by atoms with Crippen molar-refractivity contribution >= 4 is 0 Å². The summed E-state index contributed by atoms with van der Waals surface area (Å²) in [5.41, 5.74) is 11.7. The van der Waals surface area contributed by atoms with Crippen molar-refractivity contribution in [1.82, 2.24) is 19.9 Å². The van der Waals surface area contributed by atoms with Crippen molar-refractivity contribution in [3.8, 4) is 11.3 Å². The van der Waals surface area contributed by atoms with Gasteiger partial charge >= 0.3 is 0 Å². The molecule has 5 nitrogen and oxygen atoms in total. The fourth-order valence-corrected chi connectivity index (χ4v) is 3.34. The fourth-order valence-electron chi connectivity index (χ4n) is 3.34. The van der Waals surface area contributed by atoms with Crippen molar-refractivity contribution in [3.63, 3.8) is 0 Å². The molecule has 0 saturated carbocycles. The lowest BCUT2D eigenvalue weighted by atomic mass is 9.82. The van der Waals surface area contributed by atoms with Crippen molar-refractivity contribution in [2.45, 2.75) is 12.0 Å². The van der Waals surface area contributed by atoms with Crippen LogP contribution in [0.3, 0.4) is 0 Å². The summed E-state index contributed by atoms with van der Waals surface area (Å²) in [6.45, 7) is 0. The zero-order valence-corrected chi connectivity index (χ0v) is 14.7. The number of nitrogens with zero attached hydrogens (tertiary/aromatic N) is 4. The average Bonchev–Trinajstić information content (AvgIpc) is 2.76. The molecule has 0 saturated heterocycles. The van der Waals surface area contributed by atoms with E-state index in [1.165, 1.54) is 0 Å². The van der Waals surface area contributed by atoms with Crippen LogP contribution in [-0.4, -0.2) is 19.9 Å². The second-order valence-corrected chi connectivity index (χ2v) is 6.26. The van der Waals surface area contributed by atoms with E-state index in [1.807, 2.05) is 67.1 Å². The fraction of sp³-hybridized carbons (Fsp3) is 0.0909. The standard InChI is InChI=1S/C22H19N5/c23-21(19-8-4-12-27-22(19)18-7-3-11-26-15-18)20(16-5-1-9-24-13-16)17-6-2-10-25-14-17/h1-15,20-21H,23H2. The molecule has 0 fully saturated rings. The van der Waals surface area contributed by atoms with Crippen LogP contribution in [0.25, 0.3) is 11.3 Å². The van der Waals surface area contributed by atoms with Gasteiger partial charge in [0.05, 0.1) is 5.69 Å². The number of hydrogen-bond donors (Lipinski definition) is 1. The first kappa shape index (κ1) is 17.0. The molecule has 132 valence electrons. The molecule has 0 amide bonds. The molecule has 0 radical (unpaired) electrons. The SMILES string of the molecule is NC(c1cccnc1-c1cccnc1)C(c1cccnc1)c1cccnc1. The van der Waals surface area contributed by atoms with E-state index in [2.05, 4.69) is 19.9 Å². The van der Waals surface area contributed by atoms with E-state index in [-0.39, 0.29) is 12.0 Å². The Morgan fingerprint density at radius 3 is 1.81 bits per heavy atom. The summed E-state index contributed by atoms with van der Waals surface area (Å²) >= 11 is 0. The number of pyridine rings is 4. The predicted octanol–water partition coefficient (Wildman–Crippen LogP) is 3.77. The minimum absolute atomic E-state index is 0.0907. The van der Waals surface area contributed by atoms with Gasteiger partial charge in [0, 0.05) is 60.9 Å². The van der Waals surface area contributed by atoms with Crippen molar-refractivity contribution in [2.75, 3.05) is 0 Å². The zero-order chi connectivity index (χ0) is 18.5. The van der Waals surface area contributed by atoms with Crippen LogP contribution in [0.15, 0.2) is 91.9 Å². The predicted molar refractivity (Wildman–Crippen MR) is 105 cm³/mol. The summed E-state index contributed by atoms with van der Waals surface area (Å²) < 4.78 is 0. The third-order valence-corrected chi connectivity index (χ3v) is 4.58. The van der Waals surface area contributed by atoms with Crippen LogP contribution in [0.1, 0.15) is 28.7 Å². The Bertz CT molecular complexity index is 951. The lowest BCUT2D eigenvalue weighted by molar-refractivity contribution is 0.625. The zero-order valence-electron chi connectivity index (χ0n) is 14.7. The molecule has 1 unspecified atom stereocenters. The Hall–Kier alpha value is -3.44. The van der Waals surface area contributed by atoms with Gasteiger partial charge in [0.2, 0.25) is 0 Å². The van der Waals surface area contributed by atoms with Gasteiger partial charge in [0.1, 0.15) is 0 Å². The van der Waals surface area contributed by atoms with Crippen LogP contribution in [-0.2, 0) is 0 Å². The Kier molecular flexibility index (Phi) is 4.94. The van der Waals surface area contributed by atoms with Gasteiger partial charge in [-0.05, 0) is 47.0 Å². The highest BCUT2D eigenvalue weighted by Crippen LogP contribution is 2.37. The van der Waals surface area contributed by atoms with Gasteiger partial charge in [-0.25, -0.2) is 0 Å². The van der Waals surface area contributed by atoms with Gasteiger partial charge in [-0.1, -0.05) is 18.2 Å². The molecule has 2 N–H and O–H groups in total. The molecule has 0 aliphatic rings. The molecule has 0 spiro atoms. The summed E-state index contributed by atoms with van der Waals surface area (Å²) in [7, 11) is 0. The molecular formula is C22H19N5. The smallest absolute Gasteiger partial charge is 0.0765 e. The number of aromatic nitrogens is 4. The summed E-state index contributed by atoms with van der Waals surface area (Å²) in [6.07, 6.45) is 12.6. The summed E-state index contributed by atoms with van der Waals surface area (Å²) in [4.78, 5) is 17.4. The molecule has 4 rings (SSSR count). The lowest BCUT2D eigenvalue weighted by Crippen LogP contribution is -2.22. The third kappa shape index (κ3) is 3.59. The van der Waals surface area contributed by atoms with Crippen LogP contribution in [0.4, 0.5) is 0 Å². The Labute approximate surface area is 158 Å². The van der Waals surface area contributed by atoms with Gasteiger partial charge in [0.15, 0.2) is 0 Å². The van der Waals surface area contributed by atoms with Gasteiger partial charge < -0.3 is 5.73 Å². The second-order valence-electron chi connectivity index (χ2n) is 6.26. The lowest BCUT2D eigenvalue weighted by Gasteiger charge is -2.26. The number of nitrogens with two attached hydrogens (primary N) is 1. The van der Waals surface area contributed by atoms with E-state index in [0.717, 1.165) is 27.9 Å². The first-order chi connectivity index (χ1) is 13.3. The molecule has 0 aliphatic heterocycles. The first-order valence-electron chi connectivity index (χ1n) is 8.75. The molecule has 0 aliphatic carbocycles. The summed E-state index contributed by atoms with van der Waals surface area (Å²) in [5.74, 6) is -0.0907. The summed E-state index contributed by atoms with van der Waals surface area (Å²) in [5, 5.41) is 0. The molecule has 0 bridgehead atoms. The summed E-state index contributed by atoms with van der Waals surface area (Å²) in [6, 6.07) is 15.5. The van der Waals surface area contributed by atoms with Gasteiger partial charge in [-0.2, -0.15) is 0 Å². The van der Waals surface area contributed by atoms with E-state index in [1.54, 1.807) is 24.8 Å². The van der Waals surface area contributed by atoms with Crippen molar-refractivity contribution in [1.29, 1.82) is 0 Å². The molecule has 4 aromatic rings. The highest BCUT2D eigenvalue weighted by Gasteiger charge is 2.26. The molecular weight excluding hydrogens is 334 g/mol. The maximum absolute atomic E-state index is 6.83. The van der Waals surface area contributed by atoms with Crippen LogP contribution < -0.4 is 5.73 Å². The molecule has 4 aromatic heterocycles. The van der Waals surface area contributed by atoms with E-state index >= 15 is 0 Å². The molecule has 4 heterocycles. The molecule has 1 atom stereocenters. The van der Waals surface area contributed by atoms with Gasteiger partial charge in [-0.15, -0.1) is 0 Å². The van der Waals surface area contributed by atoms with Crippen LogP contribution in [0, 0.1) is 0 Å². The van der Waals surface area contributed by atoms with Crippen LogP contribution in [0.2, 0.25) is 0 Å². The van der Waals surface area contributed by atoms with E-state index < -0.39 is 0 Å². The Morgan fingerprint density at radius 2 is 1.26 bits per heavy atom. The van der Waals surface area contributed by atoms with Crippen LogP contribution >= 0.6 is 0 Å². The quantitative estimate of drug-likeness (QED) is 0.591. The monoisotopic (exact) mass is 353 g/mol. The average molecular weight is 353 g/mol. The number of hydrogen-bond acceptors (Lipinski definition) is 5. The van der Waals surface area contributed by atoms with Crippen LogP contribution in [0.5, 0.6) is 0 Å². The number of rotatable bonds is 5. The van der Waals surface area contributed by atoms with Gasteiger partial charge in [-0.3, -0.25) is 19.9 Å². The van der Waals surface area contributed by atoms with E-state index in [4.69, 9.17) is 5.73 Å². The topological polar surface area (TPSA) is 77.6 Å². The first-order valence-corrected chi connectivity index (χ1v) is 8.75. The second kappa shape index (κ2) is 7.85. The third-order valence-electron chi connectivity index (χ3n) is 4.58. The van der Waals surface area contributed by atoms with Crippen molar-refractivity contribution in [2.24, 2.45) is 5.73 Å². The largest absolute Gasteiger partial charge is 0.323 e. The minimum atomic E-state index is -0.317.